The Bertz CT molecular complexity index is 1360. The van der Waals surface area contributed by atoms with Crippen molar-refractivity contribution in [1.82, 2.24) is 0 Å². The molecule has 0 atom stereocenters. The van der Waals surface area contributed by atoms with Gasteiger partial charge in [0.2, 0.25) is 11.2 Å². The van der Waals surface area contributed by atoms with Crippen molar-refractivity contribution >= 4 is 34.2 Å². The summed E-state index contributed by atoms with van der Waals surface area (Å²) < 4.78 is 57.4. The Kier molecular flexibility index (Phi) is 6.28. The zero-order chi connectivity index (χ0) is 23.8. The topological polar surface area (TPSA) is 48.7 Å². The fourth-order valence-corrected chi connectivity index (χ4v) is 3.82. The number of hydrogen-bond donors (Lipinski definition) is 0. The number of alkyl halides is 3. The van der Waals surface area contributed by atoms with E-state index in [2.05, 4.69) is 0 Å². The lowest BCUT2D eigenvalue weighted by molar-refractivity contribution is -0.152. The molecule has 0 radical (unpaired) electrons. The van der Waals surface area contributed by atoms with Gasteiger partial charge in [0.05, 0.1) is 18.1 Å². The number of methoxy groups -OCH3 is 1. The Morgan fingerprint density at radius 1 is 0.939 bits per heavy atom. The Hall–Kier alpha value is -3.16. The van der Waals surface area contributed by atoms with Crippen molar-refractivity contribution < 1.29 is 27.1 Å². The summed E-state index contributed by atoms with van der Waals surface area (Å²) in [6.07, 6.45) is -4.90. The SMILES string of the molecule is COc1ccc(-c2c(C(F)(F)F)oc3cc(OCc4c(Cl)cccc4Cl)ccc3c2=O)cc1. The maximum absolute atomic E-state index is 13.8. The molecular weight excluding hydrogens is 480 g/mol. The fraction of sp³-hybridized carbons (Fsp3) is 0.125. The highest BCUT2D eigenvalue weighted by atomic mass is 35.5. The number of fused-ring (bicyclic) bond motifs is 1. The number of benzene rings is 3. The highest BCUT2D eigenvalue weighted by molar-refractivity contribution is 6.35. The highest BCUT2D eigenvalue weighted by Crippen LogP contribution is 2.38. The lowest BCUT2D eigenvalue weighted by atomic mass is 10.0. The van der Waals surface area contributed by atoms with Gasteiger partial charge in [0.15, 0.2) is 0 Å². The monoisotopic (exact) mass is 494 g/mol. The van der Waals surface area contributed by atoms with Crippen molar-refractivity contribution in [3.8, 4) is 22.6 Å². The number of halogens is 5. The molecule has 0 unspecified atom stereocenters. The van der Waals surface area contributed by atoms with Gasteiger partial charge in [0, 0.05) is 21.7 Å². The van der Waals surface area contributed by atoms with Crippen LogP contribution in [0.3, 0.4) is 0 Å². The Morgan fingerprint density at radius 2 is 1.58 bits per heavy atom. The number of hydrogen-bond acceptors (Lipinski definition) is 4. The average Bonchev–Trinajstić information content (AvgIpc) is 2.78. The molecule has 1 aromatic heterocycles. The summed E-state index contributed by atoms with van der Waals surface area (Å²) in [5.74, 6) is -0.763. The van der Waals surface area contributed by atoms with Crippen molar-refractivity contribution in [3.63, 3.8) is 0 Å². The third-order valence-electron chi connectivity index (χ3n) is 4.94. The second-order valence-electron chi connectivity index (χ2n) is 7.01. The lowest BCUT2D eigenvalue weighted by Crippen LogP contribution is -2.16. The normalized spacial score (nSPS) is 11.6. The van der Waals surface area contributed by atoms with E-state index in [1.165, 1.54) is 49.6 Å². The molecule has 0 aliphatic rings. The van der Waals surface area contributed by atoms with Crippen LogP contribution in [0.25, 0.3) is 22.1 Å². The molecule has 0 aliphatic heterocycles. The van der Waals surface area contributed by atoms with Crippen molar-refractivity contribution in [3.05, 3.63) is 92.3 Å². The zero-order valence-corrected chi connectivity index (χ0v) is 18.5. The summed E-state index contributed by atoms with van der Waals surface area (Å²) in [6, 6.07) is 14.7. The van der Waals surface area contributed by atoms with Crippen LogP contribution in [0, 0.1) is 0 Å². The van der Waals surface area contributed by atoms with E-state index in [9.17, 15) is 18.0 Å². The van der Waals surface area contributed by atoms with E-state index < -0.39 is 22.9 Å². The van der Waals surface area contributed by atoms with Gasteiger partial charge in [-0.2, -0.15) is 13.2 Å². The van der Waals surface area contributed by atoms with Gasteiger partial charge in [-0.1, -0.05) is 41.4 Å². The fourth-order valence-electron chi connectivity index (χ4n) is 3.31. The van der Waals surface area contributed by atoms with E-state index in [0.29, 0.717) is 21.4 Å². The van der Waals surface area contributed by atoms with E-state index in [4.69, 9.17) is 37.1 Å². The lowest BCUT2D eigenvalue weighted by Gasteiger charge is -2.14. The highest BCUT2D eigenvalue weighted by Gasteiger charge is 2.39. The van der Waals surface area contributed by atoms with Crippen molar-refractivity contribution in [2.24, 2.45) is 0 Å². The standard InChI is InChI=1S/C24H15Cl2F3O4/c1-31-14-7-5-13(6-8-14)21-22(30)16-10-9-15(11-20(16)33-23(21)24(27,28)29)32-12-17-18(25)3-2-4-19(17)26/h2-11H,12H2,1H3. The first-order chi connectivity index (χ1) is 15.7. The van der Waals surface area contributed by atoms with Gasteiger partial charge in [0.1, 0.15) is 23.7 Å². The minimum atomic E-state index is -4.90. The summed E-state index contributed by atoms with van der Waals surface area (Å²) in [7, 11) is 1.43. The van der Waals surface area contributed by atoms with Gasteiger partial charge >= 0.3 is 6.18 Å². The van der Waals surface area contributed by atoms with E-state index in [-0.39, 0.29) is 28.9 Å². The number of ether oxygens (including phenoxy) is 2. The quantitative estimate of drug-likeness (QED) is 0.290. The number of rotatable bonds is 5. The van der Waals surface area contributed by atoms with Crippen LogP contribution in [0.2, 0.25) is 10.0 Å². The summed E-state index contributed by atoms with van der Waals surface area (Å²) in [6.45, 7) is -0.0235. The first-order valence-electron chi connectivity index (χ1n) is 9.57. The van der Waals surface area contributed by atoms with Crippen molar-refractivity contribution in [2.75, 3.05) is 7.11 Å². The largest absolute Gasteiger partial charge is 0.497 e. The minimum Gasteiger partial charge on any atom is -0.497 e. The van der Waals surface area contributed by atoms with Gasteiger partial charge in [0.25, 0.3) is 0 Å². The molecule has 0 saturated heterocycles. The Labute approximate surface area is 196 Å². The van der Waals surface area contributed by atoms with Gasteiger partial charge < -0.3 is 13.9 Å². The molecule has 0 spiro atoms. The predicted molar refractivity (Wildman–Crippen MR) is 120 cm³/mol. The molecule has 0 bridgehead atoms. The molecule has 0 amide bonds. The molecule has 33 heavy (non-hydrogen) atoms. The summed E-state index contributed by atoms with van der Waals surface area (Å²) in [5.41, 5.74) is -1.06. The molecular formula is C24H15Cl2F3O4. The Morgan fingerprint density at radius 3 is 2.18 bits per heavy atom. The summed E-state index contributed by atoms with van der Waals surface area (Å²) >= 11 is 12.2. The van der Waals surface area contributed by atoms with E-state index >= 15 is 0 Å². The molecule has 9 heteroatoms. The maximum atomic E-state index is 13.8. The average molecular weight is 495 g/mol. The van der Waals surface area contributed by atoms with Crippen molar-refractivity contribution in [2.45, 2.75) is 12.8 Å². The third-order valence-corrected chi connectivity index (χ3v) is 5.65. The molecule has 3 aromatic carbocycles. The van der Waals surface area contributed by atoms with Gasteiger partial charge in [-0.3, -0.25) is 4.79 Å². The van der Waals surface area contributed by atoms with Gasteiger partial charge in [-0.25, -0.2) is 0 Å². The molecule has 4 aromatic rings. The van der Waals surface area contributed by atoms with E-state index in [1.807, 2.05) is 0 Å². The van der Waals surface area contributed by atoms with Crippen LogP contribution in [0.5, 0.6) is 11.5 Å². The maximum Gasteiger partial charge on any atom is 0.450 e. The zero-order valence-electron chi connectivity index (χ0n) is 17.0. The van der Waals surface area contributed by atoms with Crippen LogP contribution in [0.4, 0.5) is 13.2 Å². The molecule has 0 N–H and O–H groups in total. The summed E-state index contributed by atoms with van der Waals surface area (Å²) in [4.78, 5) is 13.1. The second-order valence-corrected chi connectivity index (χ2v) is 7.82. The van der Waals surface area contributed by atoms with Crippen LogP contribution < -0.4 is 14.9 Å². The minimum absolute atomic E-state index is 0.0167. The Balaban J connectivity index is 1.78. The van der Waals surface area contributed by atoms with Crippen LogP contribution in [-0.2, 0) is 12.8 Å². The predicted octanol–water partition coefficient (Wildman–Crippen LogP) is 7.37. The molecule has 4 rings (SSSR count). The molecule has 0 saturated carbocycles. The van der Waals surface area contributed by atoms with Crippen molar-refractivity contribution in [1.29, 1.82) is 0 Å². The molecule has 1 heterocycles. The molecule has 0 aliphatic carbocycles. The van der Waals surface area contributed by atoms with E-state index in [1.54, 1.807) is 18.2 Å². The summed E-state index contributed by atoms with van der Waals surface area (Å²) in [5, 5.41) is 0.758. The first kappa shape index (κ1) is 23.0. The smallest absolute Gasteiger partial charge is 0.450 e. The van der Waals surface area contributed by atoms with Crippen LogP contribution >= 0.6 is 23.2 Å². The van der Waals surface area contributed by atoms with E-state index in [0.717, 1.165) is 0 Å². The molecule has 4 nitrogen and oxygen atoms in total. The van der Waals surface area contributed by atoms with Gasteiger partial charge in [-0.15, -0.1) is 0 Å². The first-order valence-corrected chi connectivity index (χ1v) is 10.3. The van der Waals surface area contributed by atoms with Gasteiger partial charge in [-0.05, 0) is 42.0 Å². The molecule has 0 fully saturated rings. The van der Waals surface area contributed by atoms with Crippen LogP contribution in [0.1, 0.15) is 11.3 Å². The molecule has 170 valence electrons. The van der Waals surface area contributed by atoms with Crippen LogP contribution in [0.15, 0.2) is 69.9 Å². The van der Waals surface area contributed by atoms with Crippen LogP contribution in [-0.4, -0.2) is 7.11 Å². The second kappa shape index (κ2) is 9.00. The third kappa shape index (κ3) is 4.65.